The molecule has 0 spiro atoms. The number of hydrogen-bond donors (Lipinski definition) is 1. The summed E-state index contributed by atoms with van der Waals surface area (Å²) in [6.07, 6.45) is 0. The lowest BCUT2D eigenvalue weighted by Crippen LogP contribution is -1.99. The third kappa shape index (κ3) is 3.41. The minimum absolute atomic E-state index is 0.670. The summed E-state index contributed by atoms with van der Waals surface area (Å²) >= 11 is 1.69. The van der Waals surface area contributed by atoms with Crippen LogP contribution >= 0.6 is 11.3 Å². The molecule has 0 fully saturated rings. The fraction of sp³-hybridized carbons (Fsp3) is 0. The highest BCUT2D eigenvalue weighted by molar-refractivity contribution is 7.26. The van der Waals surface area contributed by atoms with Gasteiger partial charge >= 0.3 is 7.69 Å². The zero-order valence-electron chi connectivity index (χ0n) is 20.8. The molecular weight excluding hydrogens is 497 g/mol. The molecular formula is C34H21BNO2S. The first-order valence-electron chi connectivity index (χ1n) is 12.9. The van der Waals surface area contributed by atoms with Gasteiger partial charge in [-0.2, -0.15) is 0 Å². The largest absolute Gasteiger partial charge is 0.569 e. The molecule has 0 amide bonds. The third-order valence-electron chi connectivity index (χ3n) is 7.63. The number of nitrogens with zero attached hydrogens (tertiary/aromatic N) is 1. The zero-order chi connectivity index (χ0) is 25.9. The van der Waals surface area contributed by atoms with E-state index in [-0.39, 0.29) is 0 Å². The zero-order valence-corrected chi connectivity index (χ0v) is 21.7. The smallest absolute Gasteiger partial charge is 0.536 e. The second-order valence-corrected chi connectivity index (χ2v) is 10.8. The summed E-state index contributed by atoms with van der Waals surface area (Å²) < 4.78 is 10.1. The van der Waals surface area contributed by atoms with E-state index in [1.165, 1.54) is 48.4 Å². The van der Waals surface area contributed by atoms with E-state index in [1.54, 1.807) is 11.3 Å². The molecule has 1 N–H and O–H groups in total. The highest BCUT2D eigenvalue weighted by Gasteiger charge is 2.17. The normalized spacial score (nSPS) is 11.7. The summed E-state index contributed by atoms with van der Waals surface area (Å²) in [6, 6.07) is 43.0. The lowest BCUT2D eigenvalue weighted by atomic mass is 9.98. The summed E-state index contributed by atoms with van der Waals surface area (Å²) in [5, 5.41) is 16.5. The van der Waals surface area contributed by atoms with Crippen molar-refractivity contribution >= 4 is 71.8 Å². The highest BCUT2D eigenvalue weighted by atomic mass is 32.1. The Morgan fingerprint density at radius 3 is 2.15 bits per heavy atom. The number of benzene rings is 6. The molecule has 0 atom stereocenters. The van der Waals surface area contributed by atoms with Crippen LogP contribution in [0, 0.1) is 0 Å². The Bertz CT molecular complexity index is 2200. The summed E-state index contributed by atoms with van der Waals surface area (Å²) in [5.41, 5.74) is 5.91. The first-order chi connectivity index (χ1) is 19.3. The Labute approximate surface area is 229 Å². The number of fused-ring (bicyclic) bond motifs is 8. The van der Waals surface area contributed by atoms with Gasteiger partial charge in [-0.3, -0.25) is 0 Å². The lowest BCUT2D eigenvalue weighted by Gasteiger charge is -2.09. The van der Waals surface area contributed by atoms with Crippen molar-refractivity contribution in [2.45, 2.75) is 0 Å². The van der Waals surface area contributed by atoms with Crippen LogP contribution in [-0.2, 0) is 0 Å². The van der Waals surface area contributed by atoms with Crippen molar-refractivity contribution in [2.24, 2.45) is 0 Å². The number of para-hydroxylation sites is 2. The Morgan fingerprint density at radius 1 is 0.615 bits per heavy atom. The SMILES string of the molecule is O[B]Oc1cc2ccccc2c2c1sc1ccc(-c3ccc4c(c3)c3ccccc3n4-c3ccccc3)cc12. The molecule has 3 nitrogen and oxygen atoms in total. The molecule has 6 aromatic carbocycles. The molecule has 2 heterocycles. The third-order valence-corrected chi connectivity index (χ3v) is 8.81. The number of aromatic nitrogens is 1. The molecule has 5 heteroatoms. The maximum Gasteiger partial charge on any atom is 0.569 e. The van der Waals surface area contributed by atoms with Crippen molar-refractivity contribution in [1.29, 1.82) is 0 Å². The van der Waals surface area contributed by atoms with Crippen molar-refractivity contribution in [3.8, 4) is 22.6 Å². The molecule has 8 aromatic rings. The van der Waals surface area contributed by atoms with Gasteiger partial charge in [0.25, 0.3) is 0 Å². The summed E-state index contributed by atoms with van der Waals surface area (Å²) in [7, 11) is 0.764. The van der Waals surface area contributed by atoms with Gasteiger partial charge in [0.2, 0.25) is 0 Å². The molecule has 0 aliphatic heterocycles. The van der Waals surface area contributed by atoms with Crippen molar-refractivity contribution in [3.63, 3.8) is 0 Å². The van der Waals surface area contributed by atoms with E-state index >= 15 is 0 Å². The van der Waals surface area contributed by atoms with Crippen molar-refractivity contribution in [2.75, 3.05) is 0 Å². The molecule has 0 saturated carbocycles. The van der Waals surface area contributed by atoms with Crippen LogP contribution in [0.3, 0.4) is 0 Å². The molecule has 2 aromatic heterocycles. The summed E-state index contributed by atoms with van der Waals surface area (Å²) in [4.78, 5) is 0. The van der Waals surface area contributed by atoms with Crippen LogP contribution in [-0.4, -0.2) is 17.3 Å². The van der Waals surface area contributed by atoms with E-state index in [2.05, 4.69) is 114 Å². The molecule has 0 aliphatic carbocycles. The molecule has 0 aliphatic rings. The Hall–Kier alpha value is -4.58. The fourth-order valence-corrected chi connectivity index (χ4v) is 7.08. The van der Waals surface area contributed by atoms with E-state index < -0.39 is 0 Å². The lowest BCUT2D eigenvalue weighted by molar-refractivity contribution is 0.457. The van der Waals surface area contributed by atoms with Crippen LogP contribution in [0.15, 0.2) is 121 Å². The molecule has 183 valence electrons. The number of thiophene rings is 1. The van der Waals surface area contributed by atoms with Gasteiger partial charge in [-0.25, -0.2) is 0 Å². The Kier molecular flexibility index (Phi) is 5.02. The standard InChI is InChI=1S/C34H21BNO2S/c37-35-38-31-20-23-8-4-5-11-25(23)33-28-19-22(15-17-32(28)39-34(31)33)21-14-16-30-27(18-21)26-12-6-7-13-29(26)36(30)24-9-2-1-3-10-24/h1-20,37H. The van der Waals surface area contributed by atoms with Crippen LogP contribution < -0.4 is 4.65 Å². The van der Waals surface area contributed by atoms with Gasteiger partial charge in [0.15, 0.2) is 0 Å². The van der Waals surface area contributed by atoms with Gasteiger partial charge in [-0.1, -0.05) is 72.8 Å². The van der Waals surface area contributed by atoms with E-state index in [9.17, 15) is 5.02 Å². The van der Waals surface area contributed by atoms with Gasteiger partial charge in [-0.05, 0) is 70.4 Å². The van der Waals surface area contributed by atoms with Crippen LogP contribution in [0.4, 0.5) is 0 Å². The van der Waals surface area contributed by atoms with E-state index in [4.69, 9.17) is 4.65 Å². The molecule has 1 radical (unpaired) electrons. The second-order valence-electron chi connectivity index (χ2n) is 9.76. The summed E-state index contributed by atoms with van der Waals surface area (Å²) in [6.45, 7) is 0. The van der Waals surface area contributed by atoms with Crippen LogP contribution in [0.5, 0.6) is 5.75 Å². The van der Waals surface area contributed by atoms with Crippen LogP contribution in [0.1, 0.15) is 0 Å². The topological polar surface area (TPSA) is 34.4 Å². The van der Waals surface area contributed by atoms with E-state index in [0.717, 1.165) is 28.8 Å². The van der Waals surface area contributed by atoms with Crippen molar-refractivity contribution in [1.82, 2.24) is 4.57 Å². The highest BCUT2D eigenvalue weighted by Crippen LogP contribution is 2.45. The Balaban J connectivity index is 1.38. The monoisotopic (exact) mass is 518 g/mol. The Morgan fingerprint density at radius 2 is 1.31 bits per heavy atom. The average molecular weight is 518 g/mol. The molecule has 8 rings (SSSR count). The maximum absolute atomic E-state index is 9.41. The van der Waals surface area contributed by atoms with Crippen molar-refractivity contribution in [3.05, 3.63) is 121 Å². The molecule has 0 saturated heterocycles. The minimum Gasteiger partial charge on any atom is -0.536 e. The van der Waals surface area contributed by atoms with Crippen LogP contribution in [0.25, 0.3) is 69.6 Å². The number of hydrogen-bond acceptors (Lipinski definition) is 3. The maximum atomic E-state index is 9.41. The fourth-order valence-electron chi connectivity index (χ4n) is 5.93. The predicted octanol–water partition coefficient (Wildman–Crippen LogP) is 8.88. The number of rotatable bonds is 4. The van der Waals surface area contributed by atoms with Gasteiger partial charge in [0.1, 0.15) is 5.75 Å². The van der Waals surface area contributed by atoms with Crippen LogP contribution in [0.2, 0.25) is 0 Å². The second kappa shape index (κ2) is 8.74. The first-order valence-corrected chi connectivity index (χ1v) is 13.7. The molecule has 0 unspecified atom stereocenters. The quantitative estimate of drug-likeness (QED) is 0.236. The van der Waals surface area contributed by atoms with Gasteiger partial charge in [-0.15, -0.1) is 11.3 Å². The van der Waals surface area contributed by atoms with Crippen molar-refractivity contribution < 1.29 is 9.68 Å². The van der Waals surface area contributed by atoms with Gasteiger partial charge in [0.05, 0.1) is 15.7 Å². The average Bonchev–Trinajstić information content (AvgIpc) is 3.54. The molecule has 0 bridgehead atoms. The van der Waals surface area contributed by atoms with Gasteiger partial charge in [0, 0.05) is 31.9 Å². The van der Waals surface area contributed by atoms with E-state index in [1.807, 2.05) is 12.1 Å². The van der Waals surface area contributed by atoms with Gasteiger partial charge < -0.3 is 14.2 Å². The molecule has 39 heavy (non-hydrogen) atoms. The predicted molar refractivity (Wildman–Crippen MR) is 165 cm³/mol. The first kappa shape index (κ1) is 22.4. The van der Waals surface area contributed by atoms with E-state index in [0.29, 0.717) is 5.75 Å². The minimum atomic E-state index is 0.670. The summed E-state index contributed by atoms with van der Waals surface area (Å²) in [5.74, 6) is 0.670.